The van der Waals surface area contributed by atoms with Crippen LogP contribution in [0, 0.1) is 0 Å². The van der Waals surface area contributed by atoms with E-state index in [9.17, 15) is 0 Å². The molecule has 0 radical (unpaired) electrons. The highest BCUT2D eigenvalue weighted by molar-refractivity contribution is 7.98. The molecule has 4 heteroatoms. The molecule has 2 rings (SSSR count). The lowest BCUT2D eigenvalue weighted by atomic mass is 9.99. The number of thiocarbonyl (C=S) groups is 1. The molecule has 0 spiro atoms. The number of thioether (sulfide) groups is 1. The van der Waals surface area contributed by atoms with E-state index in [0.29, 0.717) is 5.11 Å². The zero-order chi connectivity index (χ0) is 15.6. The summed E-state index contributed by atoms with van der Waals surface area (Å²) in [6.45, 7) is 0.906. The molecule has 2 aromatic rings. The van der Waals surface area contributed by atoms with E-state index in [4.69, 9.17) is 12.2 Å². The normalized spacial score (nSPS) is 10.5. The number of rotatable bonds is 7. The minimum Gasteiger partial charge on any atom is -0.363 e. The Morgan fingerprint density at radius 3 is 2.05 bits per heavy atom. The van der Waals surface area contributed by atoms with Gasteiger partial charge in [-0.1, -0.05) is 60.7 Å². The molecule has 0 amide bonds. The van der Waals surface area contributed by atoms with Crippen LogP contribution in [-0.4, -0.2) is 23.7 Å². The van der Waals surface area contributed by atoms with Crippen LogP contribution in [0.3, 0.4) is 0 Å². The van der Waals surface area contributed by atoms with Crippen LogP contribution in [0.5, 0.6) is 0 Å². The van der Waals surface area contributed by atoms with E-state index in [2.05, 4.69) is 65.4 Å². The van der Waals surface area contributed by atoms with E-state index in [-0.39, 0.29) is 6.04 Å². The molecule has 0 fully saturated rings. The van der Waals surface area contributed by atoms with Gasteiger partial charge in [0.25, 0.3) is 0 Å². The summed E-state index contributed by atoms with van der Waals surface area (Å²) in [5.74, 6) is 1.15. The Kier molecular flexibility index (Phi) is 7.26. The summed E-state index contributed by atoms with van der Waals surface area (Å²) in [6.07, 6.45) is 3.24. The molecule has 0 aromatic heterocycles. The van der Waals surface area contributed by atoms with Crippen molar-refractivity contribution in [1.82, 2.24) is 10.6 Å². The zero-order valence-electron chi connectivity index (χ0n) is 12.8. The molecule has 0 aliphatic carbocycles. The second kappa shape index (κ2) is 9.49. The molecule has 0 saturated carbocycles. The first-order chi connectivity index (χ1) is 10.8. The van der Waals surface area contributed by atoms with Gasteiger partial charge in [0.1, 0.15) is 0 Å². The molecule has 2 nitrogen and oxygen atoms in total. The highest BCUT2D eigenvalue weighted by Crippen LogP contribution is 2.21. The van der Waals surface area contributed by atoms with Crippen molar-refractivity contribution in [3.63, 3.8) is 0 Å². The van der Waals surface area contributed by atoms with Gasteiger partial charge in [0, 0.05) is 6.54 Å². The summed E-state index contributed by atoms with van der Waals surface area (Å²) in [6, 6.07) is 20.9. The Balaban J connectivity index is 2.04. The van der Waals surface area contributed by atoms with Gasteiger partial charge in [-0.15, -0.1) is 0 Å². The van der Waals surface area contributed by atoms with Gasteiger partial charge in [-0.05, 0) is 41.8 Å². The Morgan fingerprint density at radius 2 is 1.55 bits per heavy atom. The van der Waals surface area contributed by atoms with Gasteiger partial charge in [0.2, 0.25) is 0 Å². The van der Waals surface area contributed by atoms with Gasteiger partial charge in [-0.25, -0.2) is 0 Å². The van der Waals surface area contributed by atoms with Crippen LogP contribution >= 0.6 is 24.0 Å². The summed E-state index contributed by atoms with van der Waals surface area (Å²) >= 11 is 7.31. The molecule has 0 unspecified atom stereocenters. The number of hydrogen-bond donors (Lipinski definition) is 2. The molecule has 2 aromatic carbocycles. The second-order valence-corrected chi connectivity index (χ2v) is 6.39. The standard InChI is InChI=1S/C18H22N2S2/c1-22-14-8-13-19-18(21)20-17(15-9-4-2-5-10-15)16-11-6-3-7-12-16/h2-7,9-12,17H,8,13-14H2,1H3,(H2,19,20,21). The molecule has 0 heterocycles. The number of hydrogen-bond acceptors (Lipinski definition) is 2. The van der Waals surface area contributed by atoms with Gasteiger partial charge in [-0.2, -0.15) is 11.8 Å². The highest BCUT2D eigenvalue weighted by atomic mass is 32.2. The number of nitrogens with one attached hydrogen (secondary N) is 2. The fourth-order valence-corrected chi connectivity index (χ4v) is 2.90. The maximum atomic E-state index is 5.45. The lowest BCUT2D eigenvalue weighted by Gasteiger charge is -2.22. The first-order valence-electron chi connectivity index (χ1n) is 7.44. The van der Waals surface area contributed by atoms with E-state index in [1.54, 1.807) is 0 Å². The van der Waals surface area contributed by atoms with Crippen LogP contribution in [0.25, 0.3) is 0 Å². The van der Waals surface area contributed by atoms with Crippen molar-refractivity contribution < 1.29 is 0 Å². The number of benzene rings is 2. The second-order valence-electron chi connectivity index (χ2n) is 5.00. The van der Waals surface area contributed by atoms with Gasteiger partial charge in [0.15, 0.2) is 5.11 Å². The summed E-state index contributed by atoms with van der Waals surface area (Å²) in [5.41, 5.74) is 2.42. The quantitative estimate of drug-likeness (QED) is 0.592. The molecule has 22 heavy (non-hydrogen) atoms. The molecular weight excluding hydrogens is 308 g/mol. The lowest BCUT2D eigenvalue weighted by molar-refractivity contribution is 0.730. The SMILES string of the molecule is CSCCCNC(=S)NC(c1ccccc1)c1ccccc1. The summed E-state index contributed by atoms with van der Waals surface area (Å²) < 4.78 is 0. The molecule has 2 N–H and O–H groups in total. The topological polar surface area (TPSA) is 24.1 Å². The van der Waals surface area contributed by atoms with Gasteiger partial charge >= 0.3 is 0 Å². The van der Waals surface area contributed by atoms with Crippen LogP contribution in [-0.2, 0) is 0 Å². The molecule has 0 atom stereocenters. The van der Waals surface area contributed by atoms with E-state index >= 15 is 0 Å². The predicted molar refractivity (Wildman–Crippen MR) is 101 cm³/mol. The van der Waals surface area contributed by atoms with Crippen LogP contribution in [0.15, 0.2) is 60.7 Å². The fraction of sp³-hybridized carbons (Fsp3) is 0.278. The smallest absolute Gasteiger partial charge is 0.167 e. The van der Waals surface area contributed by atoms with Crippen molar-refractivity contribution in [3.05, 3.63) is 71.8 Å². The van der Waals surface area contributed by atoms with E-state index < -0.39 is 0 Å². The van der Waals surface area contributed by atoms with Crippen LogP contribution < -0.4 is 10.6 Å². The molecule has 0 aliphatic heterocycles. The zero-order valence-corrected chi connectivity index (χ0v) is 14.4. The van der Waals surface area contributed by atoms with Crippen LogP contribution in [0.2, 0.25) is 0 Å². The highest BCUT2D eigenvalue weighted by Gasteiger charge is 2.14. The average molecular weight is 331 g/mol. The maximum absolute atomic E-state index is 5.45. The van der Waals surface area contributed by atoms with Crippen molar-refractivity contribution in [2.75, 3.05) is 18.6 Å². The Hall–Kier alpha value is -1.52. The first-order valence-corrected chi connectivity index (χ1v) is 9.24. The first kappa shape index (κ1) is 16.8. The Labute approximate surface area is 142 Å². The van der Waals surface area contributed by atoms with Gasteiger partial charge in [-0.3, -0.25) is 0 Å². The third-order valence-corrected chi connectivity index (χ3v) is 4.31. The monoisotopic (exact) mass is 330 g/mol. The largest absolute Gasteiger partial charge is 0.363 e. The fourth-order valence-electron chi connectivity index (χ4n) is 2.25. The molecule has 116 valence electrons. The maximum Gasteiger partial charge on any atom is 0.167 e. The van der Waals surface area contributed by atoms with Crippen molar-refractivity contribution in [3.8, 4) is 0 Å². The minimum atomic E-state index is 0.0722. The summed E-state index contributed by atoms with van der Waals surface area (Å²) in [4.78, 5) is 0. The average Bonchev–Trinajstić information content (AvgIpc) is 2.58. The van der Waals surface area contributed by atoms with E-state index in [0.717, 1.165) is 18.7 Å². The molecule has 0 aliphatic rings. The molecule has 0 saturated heterocycles. The predicted octanol–water partition coefficient (Wildman–Crippen LogP) is 3.99. The van der Waals surface area contributed by atoms with Crippen molar-refractivity contribution >= 4 is 29.1 Å². The van der Waals surface area contributed by atoms with Crippen LogP contribution in [0.1, 0.15) is 23.6 Å². The van der Waals surface area contributed by atoms with Crippen molar-refractivity contribution in [1.29, 1.82) is 0 Å². The summed E-state index contributed by atoms with van der Waals surface area (Å²) in [7, 11) is 0. The van der Waals surface area contributed by atoms with Crippen LogP contribution in [0.4, 0.5) is 0 Å². The van der Waals surface area contributed by atoms with Crippen molar-refractivity contribution in [2.24, 2.45) is 0 Å². The molecule has 0 bridgehead atoms. The van der Waals surface area contributed by atoms with Gasteiger partial charge < -0.3 is 10.6 Å². The molecular formula is C18H22N2S2. The Bertz CT molecular complexity index is 518. The van der Waals surface area contributed by atoms with Gasteiger partial charge in [0.05, 0.1) is 6.04 Å². The van der Waals surface area contributed by atoms with Crippen molar-refractivity contribution in [2.45, 2.75) is 12.5 Å². The minimum absolute atomic E-state index is 0.0722. The third-order valence-electron chi connectivity index (χ3n) is 3.35. The lowest BCUT2D eigenvalue weighted by Crippen LogP contribution is -2.38. The summed E-state index contributed by atoms with van der Waals surface area (Å²) in [5, 5.41) is 7.44. The van der Waals surface area contributed by atoms with E-state index in [1.165, 1.54) is 11.1 Å². The Morgan fingerprint density at radius 1 is 1.00 bits per heavy atom. The third kappa shape index (κ3) is 5.35. The van der Waals surface area contributed by atoms with E-state index in [1.807, 2.05) is 23.9 Å².